The summed E-state index contributed by atoms with van der Waals surface area (Å²) in [6.45, 7) is 0.369. The van der Waals surface area contributed by atoms with Gasteiger partial charge in [0, 0.05) is 6.42 Å². The molecule has 1 aliphatic heterocycles. The van der Waals surface area contributed by atoms with Gasteiger partial charge in [0.15, 0.2) is 12.4 Å². The lowest BCUT2D eigenvalue weighted by Gasteiger charge is -2.10. The molecule has 1 aromatic carbocycles. The number of rotatable bonds is 5. The molecule has 2 N–H and O–H groups in total. The molecule has 0 bridgehead atoms. The van der Waals surface area contributed by atoms with Crippen LogP contribution in [-0.4, -0.2) is 35.6 Å². The molecule has 7 heteroatoms. The molecule has 1 aliphatic rings. The zero-order chi connectivity index (χ0) is 16.1. The molecular weight excluding hydrogens is 312 g/mol. The van der Waals surface area contributed by atoms with Crippen molar-refractivity contribution in [2.45, 2.75) is 6.42 Å². The lowest BCUT2D eigenvalue weighted by Crippen LogP contribution is -2.27. The smallest absolute Gasteiger partial charge is 0.283 e. The Bertz CT molecular complexity index is 726. The first-order valence-electron chi connectivity index (χ1n) is 7.16. The third-order valence-corrected chi connectivity index (χ3v) is 4.21. The average molecular weight is 328 g/mol. The molecule has 1 aromatic heterocycles. The van der Waals surface area contributed by atoms with E-state index in [1.165, 1.54) is 16.3 Å². The monoisotopic (exact) mass is 328 g/mol. The maximum atomic E-state index is 12.1. The Hall–Kier alpha value is -2.67. The van der Waals surface area contributed by atoms with Crippen molar-refractivity contribution in [2.24, 2.45) is 16.0 Å². The highest BCUT2D eigenvalue weighted by molar-refractivity contribution is 7.12. The van der Waals surface area contributed by atoms with Gasteiger partial charge in [0.1, 0.15) is 0 Å². The summed E-state index contributed by atoms with van der Waals surface area (Å²) in [5.41, 5.74) is 7.69. The molecule has 0 aliphatic carbocycles. The van der Waals surface area contributed by atoms with Crippen LogP contribution in [0.15, 0.2) is 58.1 Å². The summed E-state index contributed by atoms with van der Waals surface area (Å²) in [7, 11) is 0. The number of amides is 1. The SMILES string of the molecule is N/C(=N\OCC(=O)N1CCC(c2ccccc2)=N1)c1cccs1. The molecule has 0 spiro atoms. The van der Waals surface area contributed by atoms with Crippen molar-refractivity contribution in [3.8, 4) is 0 Å². The third-order valence-electron chi connectivity index (χ3n) is 3.32. The summed E-state index contributed by atoms with van der Waals surface area (Å²) in [5.74, 6) is 0.0290. The Morgan fingerprint density at radius 1 is 1.30 bits per heavy atom. The van der Waals surface area contributed by atoms with Gasteiger partial charge in [0.2, 0.25) is 0 Å². The average Bonchev–Trinajstić information content (AvgIpc) is 3.27. The van der Waals surface area contributed by atoms with E-state index in [9.17, 15) is 4.79 Å². The van der Waals surface area contributed by atoms with Gasteiger partial charge < -0.3 is 10.6 Å². The van der Waals surface area contributed by atoms with Gasteiger partial charge in [0.25, 0.3) is 5.91 Å². The summed E-state index contributed by atoms with van der Waals surface area (Å²) < 4.78 is 0. The predicted octanol–water partition coefficient (Wildman–Crippen LogP) is 2.02. The molecule has 118 valence electrons. The molecular formula is C16H16N4O2S. The van der Waals surface area contributed by atoms with Crippen LogP contribution in [0, 0.1) is 0 Å². The number of oxime groups is 1. The molecule has 23 heavy (non-hydrogen) atoms. The lowest BCUT2D eigenvalue weighted by atomic mass is 10.1. The molecule has 1 amide bonds. The number of nitrogens with zero attached hydrogens (tertiary/aromatic N) is 3. The number of thiophene rings is 1. The van der Waals surface area contributed by atoms with Crippen LogP contribution in [0.25, 0.3) is 0 Å². The third kappa shape index (κ3) is 3.75. The van der Waals surface area contributed by atoms with Crippen molar-refractivity contribution in [1.82, 2.24) is 5.01 Å². The van der Waals surface area contributed by atoms with Gasteiger partial charge in [-0.15, -0.1) is 11.3 Å². The van der Waals surface area contributed by atoms with E-state index in [1.54, 1.807) is 0 Å². The van der Waals surface area contributed by atoms with Crippen molar-refractivity contribution in [1.29, 1.82) is 0 Å². The minimum absolute atomic E-state index is 0.183. The Labute approximate surface area is 137 Å². The van der Waals surface area contributed by atoms with Crippen LogP contribution in [0.1, 0.15) is 16.9 Å². The zero-order valence-corrected chi connectivity index (χ0v) is 13.2. The van der Waals surface area contributed by atoms with Crippen LogP contribution >= 0.6 is 11.3 Å². The van der Waals surface area contributed by atoms with Crippen LogP contribution in [-0.2, 0) is 9.63 Å². The maximum absolute atomic E-state index is 12.1. The largest absolute Gasteiger partial charge is 0.384 e. The fraction of sp³-hybridized carbons (Fsp3) is 0.188. The minimum atomic E-state index is -0.237. The van der Waals surface area contributed by atoms with Crippen molar-refractivity contribution < 1.29 is 9.63 Å². The van der Waals surface area contributed by atoms with Gasteiger partial charge in [-0.2, -0.15) is 5.10 Å². The fourth-order valence-corrected chi connectivity index (χ4v) is 2.79. The van der Waals surface area contributed by atoms with E-state index < -0.39 is 0 Å². The fourth-order valence-electron chi connectivity index (χ4n) is 2.17. The molecule has 0 radical (unpaired) electrons. The van der Waals surface area contributed by atoms with Crippen molar-refractivity contribution in [2.75, 3.05) is 13.2 Å². The van der Waals surface area contributed by atoms with Crippen LogP contribution in [0.2, 0.25) is 0 Å². The molecule has 0 unspecified atom stereocenters. The summed E-state index contributed by atoms with van der Waals surface area (Å²) in [6, 6.07) is 13.5. The maximum Gasteiger partial charge on any atom is 0.283 e. The number of hydrazone groups is 1. The molecule has 0 atom stereocenters. The highest BCUT2D eigenvalue weighted by atomic mass is 32.1. The normalized spacial score (nSPS) is 14.7. The molecule has 3 rings (SSSR count). The number of hydrogen-bond acceptors (Lipinski definition) is 5. The van der Waals surface area contributed by atoms with E-state index in [1.807, 2.05) is 47.8 Å². The molecule has 0 fully saturated rings. The number of amidine groups is 1. The summed E-state index contributed by atoms with van der Waals surface area (Å²) >= 11 is 1.46. The van der Waals surface area contributed by atoms with Gasteiger partial charge in [-0.05, 0) is 17.0 Å². The lowest BCUT2D eigenvalue weighted by molar-refractivity contribution is -0.135. The van der Waals surface area contributed by atoms with Crippen molar-refractivity contribution >= 4 is 28.8 Å². The van der Waals surface area contributed by atoms with Crippen molar-refractivity contribution in [3.63, 3.8) is 0 Å². The van der Waals surface area contributed by atoms with Gasteiger partial charge >= 0.3 is 0 Å². The number of benzene rings is 1. The molecule has 6 nitrogen and oxygen atoms in total. The van der Waals surface area contributed by atoms with Gasteiger partial charge in [0.05, 0.1) is 17.1 Å². The van der Waals surface area contributed by atoms with E-state index in [2.05, 4.69) is 10.3 Å². The topological polar surface area (TPSA) is 80.3 Å². The molecule has 0 saturated carbocycles. The summed E-state index contributed by atoms with van der Waals surface area (Å²) in [5, 5.41) is 11.4. The number of nitrogens with two attached hydrogens (primary N) is 1. The quantitative estimate of drug-likeness (QED) is 0.518. The molecule has 0 saturated heterocycles. The summed E-state index contributed by atoms with van der Waals surface area (Å²) in [6.07, 6.45) is 0.732. The first-order chi connectivity index (χ1) is 11.2. The number of hydrogen-bond donors (Lipinski definition) is 1. The van der Waals surface area contributed by atoms with E-state index in [0.717, 1.165) is 22.6 Å². The van der Waals surface area contributed by atoms with E-state index in [0.29, 0.717) is 6.54 Å². The van der Waals surface area contributed by atoms with Gasteiger partial charge in [-0.25, -0.2) is 5.01 Å². The first-order valence-corrected chi connectivity index (χ1v) is 8.04. The Morgan fingerprint density at radius 2 is 2.13 bits per heavy atom. The summed E-state index contributed by atoms with van der Waals surface area (Å²) in [4.78, 5) is 17.9. The van der Waals surface area contributed by atoms with Crippen LogP contribution in [0.5, 0.6) is 0 Å². The minimum Gasteiger partial charge on any atom is -0.384 e. The van der Waals surface area contributed by atoms with Crippen LogP contribution in [0.4, 0.5) is 0 Å². The van der Waals surface area contributed by atoms with E-state index in [4.69, 9.17) is 10.6 Å². The second-order valence-electron chi connectivity index (χ2n) is 4.91. The Kier molecular flexibility index (Phi) is 4.68. The van der Waals surface area contributed by atoms with E-state index >= 15 is 0 Å². The van der Waals surface area contributed by atoms with Crippen LogP contribution in [0.3, 0.4) is 0 Å². The number of carbonyl (C=O) groups is 1. The Morgan fingerprint density at radius 3 is 2.87 bits per heavy atom. The predicted molar refractivity (Wildman–Crippen MR) is 90.3 cm³/mol. The molecule has 2 heterocycles. The van der Waals surface area contributed by atoms with Crippen molar-refractivity contribution in [3.05, 3.63) is 58.3 Å². The van der Waals surface area contributed by atoms with E-state index in [-0.39, 0.29) is 18.3 Å². The zero-order valence-electron chi connectivity index (χ0n) is 12.4. The van der Waals surface area contributed by atoms with Gasteiger partial charge in [-0.3, -0.25) is 4.79 Å². The van der Waals surface area contributed by atoms with Gasteiger partial charge in [-0.1, -0.05) is 41.6 Å². The second kappa shape index (κ2) is 7.06. The highest BCUT2D eigenvalue weighted by Gasteiger charge is 2.21. The van der Waals surface area contributed by atoms with Crippen LogP contribution < -0.4 is 5.73 Å². The highest BCUT2D eigenvalue weighted by Crippen LogP contribution is 2.14. The first kappa shape index (κ1) is 15.2. The molecule has 2 aromatic rings. The Balaban J connectivity index is 1.55. The number of carbonyl (C=O) groups excluding carboxylic acids is 1. The standard InChI is InChI=1S/C16H16N4O2S/c17-16(14-7-4-10-23-14)19-22-11-15(21)20-9-8-13(18-20)12-5-2-1-3-6-12/h1-7,10H,8-9,11H2,(H2,17,19). The second-order valence-corrected chi connectivity index (χ2v) is 5.85.